The molecule has 1 amide bonds. The van der Waals surface area contributed by atoms with Crippen LogP contribution in [0.4, 0.5) is 0 Å². The van der Waals surface area contributed by atoms with Gasteiger partial charge in [0.1, 0.15) is 5.70 Å². The number of carbonyl (C=O) groups is 2. The lowest BCUT2D eigenvalue weighted by molar-refractivity contribution is -0.162. The van der Waals surface area contributed by atoms with Crippen LogP contribution in [-0.2, 0) is 34.0 Å². The van der Waals surface area contributed by atoms with Crippen molar-refractivity contribution in [3.63, 3.8) is 0 Å². The second kappa shape index (κ2) is 6.18. The first kappa shape index (κ1) is 18.5. The number of carboxylic acids is 1. The van der Waals surface area contributed by atoms with Gasteiger partial charge in [0.05, 0.1) is 16.4 Å². The fraction of sp³-hybridized carbons (Fsp3) is 0.333. The Labute approximate surface area is 149 Å². The van der Waals surface area contributed by atoms with Crippen LogP contribution in [0, 0.1) is 0 Å². The van der Waals surface area contributed by atoms with Gasteiger partial charge in [-0.05, 0) is 17.7 Å². The predicted octanol–water partition coefficient (Wildman–Crippen LogP) is -0.589. The van der Waals surface area contributed by atoms with Crippen LogP contribution in [0.25, 0.3) is 0 Å². The Hall–Kier alpha value is -2.24. The van der Waals surface area contributed by atoms with Crippen molar-refractivity contribution < 1.29 is 36.3 Å². The molecule has 11 heteroatoms. The Kier molecular flexibility index (Phi) is 4.41. The molecule has 1 unspecified atom stereocenters. The number of aliphatic carboxylic acids is 1. The van der Waals surface area contributed by atoms with Crippen LogP contribution in [0.15, 0.2) is 46.5 Å². The van der Waals surface area contributed by atoms with Crippen LogP contribution < -0.4 is 0 Å². The van der Waals surface area contributed by atoms with Crippen LogP contribution in [0.5, 0.6) is 0 Å². The molecule has 0 spiro atoms. The highest BCUT2D eigenvalue weighted by molar-refractivity contribution is 7.93. The predicted molar refractivity (Wildman–Crippen MR) is 88.4 cm³/mol. The number of amides is 1. The molecule has 0 radical (unpaired) electrons. The number of β-lactam (4-membered cyclic amide) rings is 1. The fourth-order valence-corrected chi connectivity index (χ4v) is 6.71. The molecule has 1 N–H and O–H groups in total. The van der Waals surface area contributed by atoms with Gasteiger partial charge in [-0.2, -0.15) is 0 Å². The highest BCUT2D eigenvalue weighted by Gasteiger charge is 2.60. The normalized spacial score (nSPS) is 24.8. The summed E-state index contributed by atoms with van der Waals surface area (Å²) in [5.74, 6) is -3.97. The van der Waals surface area contributed by atoms with Crippen LogP contribution in [0.2, 0.25) is 0 Å². The topological polar surface area (TPSA) is 135 Å². The van der Waals surface area contributed by atoms with Gasteiger partial charge in [-0.3, -0.25) is 9.69 Å². The second-order valence-corrected chi connectivity index (χ2v) is 9.98. The Balaban J connectivity index is 2.09. The van der Waals surface area contributed by atoms with E-state index in [1.54, 1.807) is 6.07 Å². The molecule has 26 heavy (non-hydrogen) atoms. The smallest absolute Gasteiger partial charge is 0.352 e. The summed E-state index contributed by atoms with van der Waals surface area (Å²) in [6.07, 6.45) is -1.29. The van der Waals surface area contributed by atoms with Gasteiger partial charge in [0.2, 0.25) is 0 Å². The number of sulfone groups is 2. The maximum absolute atomic E-state index is 12.5. The van der Waals surface area contributed by atoms with Crippen molar-refractivity contribution in [3.05, 3.63) is 41.6 Å². The summed E-state index contributed by atoms with van der Waals surface area (Å²) >= 11 is 0. The molecule has 2 atom stereocenters. The molecule has 0 aromatic heterocycles. The van der Waals surface area contributed by atoms with Gasteiger partial charge in [-0.25, -0.2) is 21.6 Å². The van der Waals surface area contributed by atoms with Gasteiger partial charge in [-0.15, -0.1) is 0 Å². The van der Waals surface area contributed by atoms with Gasteiger partial charge >= 0.3 is 5.97 Å². The van der Waals surface area contributed by atoms with Crippen molar-refractivity contribution in [2.75, 3.05) is 18.6 Å². The first-order valence-corrected chi connectivity index (χ1v) is 10.8. The second-order valence-electron chi connectivity index (χ2n) is 5.89. The lowest BCUT2D eigenvalue weighted by Crippen LogP contribution is -2.70. The van der Waals surface area contributed by atoms with Crippen molar-refractivity contribution >= 4 is 31.6 Å². The van der Waals surface area contributed by atoms with Crippen LogP contribution >= 0.6 is 0 Å². The zero-order valence-corrected chi connectivity index (χ0v) is 15.2. The molecule has 2 aliphatic rings. The molecule has 1 aromatic rings. The lowest BCUT2D eigenvalue weighted by Gasteiger charge is -2.48. The molecule has 0 aliphatic carbocycles. The maximum atomic E-state index is 12.5. The Morgan fingerprint density at radius 2 is 1.92 bits per heavy atom. The van der Waals surface area contributed by atoms with Gasteiger partial charge in [-0.1, -0.05) is 18.2 Å². The van der Waals surface area contributed by atoms with Crippen molar-refractivity contribution in [1.82, 2.24) is 4.90 Å². The standard InChI is InChI=1S/C15H15NO8S2/c1-24-12-13(17)16-11(15(18)19)9(8-26(22,23)14(12)16)7-25(20,21)10-5-3-2-4-6-10/h2-6,12,14H,7-8H2,1H3,(H,18,19)/t12-,14?/m1/s1. The SMILES string of the molecule is CO[C@@H]1C(=O)N2C(C(=O)O)=C(CS(=O)(=O)c3ccccc3)CS(=O)(=O)C12. The number of fused-ring (bicyclic) bond motifs is 1. The summed E-state index contributed by atoms with van der Waals surface area (Å²) in [5.41, 5.74) is -0.955. The van der Waals surface area contributed by atoms with E-state index in [0.717, 1.165) is 7.11 Å². The average molecular weight is 401 g/mol. The first-order chi connectivity index (χ1) is 12.1. The third-order valence-electron chi connectivity index (χ3n) is 4.24. The molecule has 1 saturated heterocycles. The highest BCUT2D eigenvalue weighted by atomic mass is 32.2. The van der Waals surface area contributed by atoms with E-state index in [1.807, 2.05) is 0 Å². The molecule has 1 aromatic carbocycles. The molecule has 0 bridgehead atoms. The third-order valence-corrected chi connectivity index (χ3v) is 7.90. The van der Waals surface area contributed by atoms with E-state index in [2.05, 4.69) is 0 Å². The lowest BCUT2D eigenvalue weighted by atomic mass is 10.1. The summed E-state index contributed by atoms with van der Waals surface area (Å²) in [4.78, 5) is 24.3. The van der Waals surface area contributed by atoms with Gasteiger partial charge < -0.3 is 9.84 Å². The minimum absolute atomic E-state index is 0.0681. The number of ether oxygens (including phenoxy) is 1. The van der Waals surface area contributed by atoms with Gasteiger partial charge in [0, 0.05) is 7.11 Å². The summed E-state index contributed by atoms with van der Waals surface area (Å²) in [5, 5.41) is 8.01. The zero-order valence-electron chi connectivity index (χ0n) is 13.5. The minimum atomic E-state index is -3.99. The van der Waals surface area contributed by atoms with E-state index in [1.165, 1.54) is 24.3 Å². The van der Waals surface area contributed by atoms with E-state index >= 15 is 0 Å². The molecule has 1 fully saturated rings. The quantitative estimate of drug-likeness (QED) is 0.647. The Bertz CT molecular complexity index is 1010. The number of carboxylic acid groups (broad SMARTS) is 1. The molecular formula is C15H15NO8S2. The van der Waals surface area contributed by atoms with E-state index in [4.69, 9.17) is 4.74 Å². The van der Waals surface area contributed by atoms with E-state index in [9.17, 15) is 31.5 Å². The average Bonchev–Trinajstić information content (AvgIpc) is 2.55. The number of hydrogen-bond donors (Lipinski definition) is 1. The van der Waals surface area contributed by atoms with Crippen molar-refractivity contribution in [2.24, 2.45) is 0 Å². The zero-order chi connectivity index (χ0) is 19.3. The molecule has 2 aliphatic heterocycles. The molecule has 3 rings (SSSR count). The number of carbonyl (C=O) groups excluding carboxylic acids is 1. The molecule has 0 saturated carbocycles. The van der Waals surface area contributed by atoms with Crippen molar-refractivity contribution in [3.8, 4) is 0 Å². The van der Waals surface area contributed by atoms with Crippen LogP contribution in [-0.4, -0.2) is 68.8 Å². The summed E-state index contributed by atoms with van der Waals surface area (Å²) in [7, 11) is -6.83. The summed E-state index contributed by atoms with van der Waals surface area (Å²) < 4.78 is 54.8. The van der Waals surface area contributed by atoms with Gasteiger partial charge in [0.25, 0.3) is 5.91 Å². The number of nitrogens with zero attached hydrogens (tertiary/aromatic N) is 1. The number of hydrogen-bond acceptors (Lipinski definition) is 7. The molecular weight excluding hydrogens is 386 g/mol. The fourth-order valence-electron chi connectivity index (χ4n) is 3.11. The van der Waals surface area contributed by atoms with E-state index < -0.39 is 60.2 Å². The monoisotopic (exact) mass is 401 g/mol. The highest BCUT2D eigenvalue weighted by Crippen LogP contribution is 2.38. The van der Waals surface area contributed by atoms with Crippen LogP contribution in [0.3, 0.4) is 0 Å². The van der Waals surface area contributed by atoms with Crippen molar-refractivity contribution in [2.45, 2.75) is 16.4 Å². The van der Waals surface area contributed by atoms with Crippen LogP contribution in [0.1, 0.15) is 0 Å². The van der Waals surface area contributed by atoms with Gasteiger partial charge in [0.15, 0.2) is 31.2 Å². The van der Waals surface area contributed by atoms with E-state index in [0.29, 0.717) is 4.90 Å². The molecule has 9 nitrogen and oxygen atoms in total. The molecule has 140 valence electrons. The molecule has 2 heterocycles. The number of benzene rings is 1. The summed E-state index contributed by atoms with van der Waals surface area (Å²) in [6.45, 7) is 0. The third kappa shape index (κ3) is 2.81. The maximum Gasteiger partial charge on any atom is 0.352 e. The largest absolute Gasteiger partial charge is 0.477 e. The summed E-state index contributed by atoms with van der Waals surface area (Å²) in [6, 6.07) is 7.25. The van der Waals surface area contributed by atoms with Crippen molar-refractivity contribution in [1.29, 1.82) is 0 Å². The number of methoxy groups -OCH3 is 1. The minimum Gasteiger partial charge on any atom is -0.477 e. The first-order valence-electron chi connectivity index (χ1n) is 7.40. The Morgan fingerprint density at radius 1 is 1.31 bits per heavy atom. The Morgan fingerprint density at radius 3 is 2.46 bits per heavy atom. The number of rotatable bonds is 5. The van der Waals surface area contributed by atoms with E-state index in [-0.39, 0.29) is 10.5 Å².